The molecule has 3 rings (SSSR count). The molecule has 7 heteroatoms. The van der Waals surface area contributed by atoms with E-state index in [1.807, 2.05) is 18.3 Å². The first-order valence-electron chi connectivity index (χ1n) is 7.98. The monoisotopic (exact) mass is 326 g/mol. The number of hydrogen-bond donors (Lipinski definition) is 2. The molecule has 2 aromatic heterocycles. The van der Waals surface area contributed by atoms with E-state index in [4.69, 9.17) is 5.73 Å². The summed E-state index contributed by atoms with van der Waals surface area (Å²) in [7, 11) is 1.65. The maximum atomic E-state index is 12.5. The van der Waals surface area contributed by atoms with Gasteiger partial charge in [-0.1, -0.05) is 0 Å². The molecule has 24 heavy (non-hydrogen) atoms. The van der Waals surface area contributed by atoms with Crippen molar-refractivity contribution in [2.75, 3.05) is 31.6 Å². The van der Waals surface area contributed by atoms with Crippen LogP contribution in [0.5, 0.6) is 0 Å². The molecular weight excluding hydrogens is 304 g/mol. The van der Waals surface area contributed by atoms with Crippen LogP contribution in [-0.4, -0.2) is 48.3 Å². The van der Waals surface area contributed by atoms with Crippen LogP contribution in [0.2, 0.25) is 0 Å². The van der Waals surface area contributed by atoms with Crippen molar-refractivity contribution in [2.45, 2.75) is 13.0 Å². The van der Waals surface area contributed by atoms with Crippen LogP contribution in [0.4, 0.5) is 5.69 Å². The Bertz CT molecular complexity index is 854. The van der Waals surface area contributed by atoms with Gasteiger partial charge in [0.1, 0.15) is 5.65 Å². The van der Waals surface area contributed by atoms with Gasteiger partial charge in [-0.05, 0) is 19.1 Å². The SMILES string of the molecule is CN=CC(=CN)c1cc(=O)n2cc(N3CCN[C@@H](C)C3)ccc2n1. The van der Waals surface area contributed by atoms with E-state index >= 15 is 0 Å². The number of nitrogens with zero attached hydrogens (tertiary/aromatic N) is 4. The van der Waals surface area contributed by atoms with Gasteiger partial charge in [0.25, 0.3) is 5.56 Å². The molecule has 1 aliphatic heterocycles. The molecule has 126 valence electrons. The van der Waals surface area contributed by atoms with E-state index < -0.39 is 0 Å². The largest absolute Gasteiger partial charge is 0.404 e. The lowest BCUT2D eigenvalue weighted by Gasteiger charge is -2.33. The minimum absolute atomic E-state index is 0.135. The van der Waals surface area contributed by atoms with E-state index in [0.717, 1.165) is 25.3 Å². The quantitative estimate of drug-likeness (QED) is 0.802. The summed E-state index contributed by atoms with van der Waals surface area (Å²) in [5.74, 6) is 0. The molecule has 3 heterocycles. The molecule has 1 fully saturated rings. The summed E-state index contributed by atoms with van der Waals surface area (Å²) in [6.45, 7) is 4.93. The molecule has 0 unspecified atom stereocenters. The Hall–Kier alpha value is -2.67. The normalized spacial score (nSPS) is 19.3. The number of piperazine rings is 1. The Morgan fingerprint density at radius 1 is 1.50 bits per heavy atom. The third kappa shape index (κ3) is 3.16. The Kier molecular flexibility index (Phi) is 4.61. The number of hydrogen-bond acceptors (Lipinski definition) is 6. The zero-order chi connectivity index (χ0) is 17.1. The van der Waals surface area contributed by atoms with Gasteiger partial charge in [0.2, 0.25) is 0 Å². The number of anilines is 1. The highest BCUT2D eigenvalue weighted by Crippen LogP contribution is 2.17. The summed E-state index contributed by atoms with van der Waals surface area (Å²) in [5, 5.41) is 3.42. The fraction of sp³-hybridized carbons (Fsp3) is 0.353. The molecule has 1 saturated heterocycles. The van der Waals surface area contributed by atoms with Gasteiger partial charge in [-0.25, -0.2) is 4.98 Å². The average molecular weight is 326 g/mol. The summed E-state index contributed by atoms with van der Waals surface area (Å²) in [5.41, 5.74) is 8.23. The summed E-state index contributed by atoms with van der Waals surface area (Å²) in [4.78, 5) is 23.2. The van der Waals surface area contributed by atoms with Gasteiger partial charge in [-0.2, -0.15) is 0 Å². The Morgan fingerprint density at radius 2 is 2.33 bits per heavy atom. The Balaban J connectivity index is 2.02. The van der Waals surface area contributed by atoms with Crippen LogP contribution in [0.1, 0.15) is 12.6 Å². The highest BCUT2D eigenvalue weighted by atomic mass is 16.1. The number of rotatable bonds is 3. The van der Waals surface area contributed by atoms with Crippen LogP contribution in [0.3, 0.4) is 0 Å². The van der Waals surface area contributed by atoms with Crippen LogP contribution in [0.15, 0.2) is 40.4 Å². The molecule has 1 atom stereocenters. The number of aliphatic imine (C=N–C) groups is 1. The molecule has 1 aliphatic rings. The number of aromatic nitrogens is 2. The first-order valence-corrected chi connectivity index (χ1v) is 7.98. The van der Waals surface area contributed by atoms with Gasteiger partial charge in [-0.3, -0.25) is 14.2 Å². The third-order valence-corrected chi connectivity index (χ3v) is 4.12. The van der Waals surface area contributed by atoms with Crippen molar-refractivity contribution in [3.8, 4) is 0 Å². The predicted octanol–water partition coefficient (Wildman–Crippen LogP) is 0.493. The van der Waals surface area contributed by atoms with E-state index in [0.29, 0.717) is 23.0 Å². The van der Waals surface area contributed by atoms with E-state index in [2.05, 4.69) is 27.1 Å². The molecule has 3 N–H and O–H groups in total. The van der Waals surface area contributed by atoms with Crippen LogP contribution < -0.4 is 21.5 Å². The van der Waals surface area contributed by atoms with E-state index in [9.17, 15) is 4.79 Å². The Labute approximate surface area is 140 Å². The van der Waals surface area contributed by atoms with Crippen LogP contribution >= 0.6 is 0 Å². The summed E-state index contributed by atoms with van der Waals surface area (Å²) < 4.78 is 1.57. The molecule has 0 bridgehead atoms. The first kappa shape index (κ1) is 16.2. The highest BCUT2D eigenvalue weighted by Gasteiger charge is 2.16. The van der Waals surface area contributed by atoms with E-state index in [-0.39, 0.29) is 5.56 Å². The van der Waals surface area contributed by atoms with Gasteiger partial charge < -0.3 is 16.0 Å². The number of allylic oxidation sites excluding steroid dienone is 1. The molecule has 0 spiro atoms. The van der Waals surface area contributed by atoms with Crippen molar-refractivity contribution in [1.29, 1.82) is 0 Å². The zero-order valence-electron chi connectivity index (χ0n) is 13.9. The van der Waals surface area contributed by atoms with E-state index in [1.165, 1.54) is 12.3 Å². The molecule has 0 aromatic carbocycles. The second-order valence-electron chi connectivity index (χ2n) is 5.91. The lowest BCUT2D eigenvalue weighted by Crippen LogP contribution is -2.49. The standard InChI is InChI=1S/C17H22N6O/c1-12-10-22(6-5-20-12)14-3-4-16-21-15(13(8-18)9-19-2)7-17(24)23(16)11-14/h3-4,7-9,11-12,20H,5-6,10,18H2,1-2H3/t12-/m0/s1. The number of nitrogens with one attached hydrogen (secondary N) is 1. The maximum Gasteiger partial charge on any atom is 0.258 e. The number of fused-ring (bicyclic) bond motifs is 1. The molecule has 0 saturated carbocycles. The van der Waals surface area contributed by atoms with Crippen molar-refractivity contribution in [3.05, 3.63) is 46.6 Å². The second kappa shape index (κ2) is 6.84. The molecule has 2 aromatic rings. The molecular formula is C17H22N6O. The van der Waals surface area contributed by atoms with Gasteiger partial charge in [0.15, 0.2) is 0 Å². The fourth-order valence-corrected chi connectivity index (χ4v) is 2.93. The van der Waals surface area contributed by atoms with Crippen molar-refractivity contribution < 1.29 is 0 Å². The van der Waals surface area contributed by atoms with Crippen LogP contribution in [0, 0.1) is 0 Å². The summed E-state index contributed by atoms with van der Waals surface area (Å²) in [6.07, 6.45) is 4.85. The van der Waals surface area contributed by atoms with Gasteiger partial charge in [0.05, 0.1) is 11.4 Å². The smallest absolute Gasteiger partial charge is 0.258 e. The topological polar surface area (TPSA) is 88.0 Å². The van der Waals surface area contributed by atoms with E-state index in [1.54, 1.807) is 17.7 Å². The van der Waals surface area contributed by atoms with Crippen molar-refractivity contribution in [1.82, 2.24) is 14.7 Å². The lowest BCUT2D eigenvalue weighted by molar-refractivity contribution is 0.484. The van der Waals surface area contributed by atoms with Gasteiger partial charge >= 0.3 is 0 Å². The maximum absolute atomic E-state index is 12.5. The summed E-state index contributed by atoms with van der Waals surface area (Å²) >= 11 is 0. The number of pyridine rings is 1. The molecule has 7 nitrogen and oxygen atoms in total. The van der Waals surface area contributed by atoms with Crippen molar-refractivity contribution >= 4 is 23.1 Å². The van der Waals surface area contributed by atoms with Crippen LogP contribution in [0.25, 0.3) is 11.2 Å². The minimum Gasteiger partial charge on any atom is -0.404 e. The third-order valence-electron chi connectivity index (χ3n) is 4.12. The minimum atomic E-state index is -0.135. The van der Waals surface area contributed by atoms with Crippen molar-refractivity contribution in [3.63, 3.8) is 0 Å². The van der Waals surface area contributed by atoms with Gasteiger partial charge in [-0.15, -0.1) is 0 Å². The molecule has 0 radical (unpaired) electrons. The van der Waals surface area contributed by atoms with Crippen LogP contribution in [-0.2, 0) is 0 Å². The number of nitrogens with two attached hydrogens (primary N) is 1. The highest BCUT2D eigenvalue weighted by molar-refractivity contribution is 6.08. The van der Waals surface area contributed by atoms with Crippen molar-refractivity contribution in [2.24, 2.45) is 10.7 Å². The predicted molar refractivity (Wildman–Crippen MR) is 97.7 cm³/mol. The second-order valence-corrected chi connectivity index (χ2v) is 5.91. The van der Waals surface area contributed by atoms with Gasteiger partial charge in [0, 0.05) is 63.0 Å². The summed E-state index contributed by atoms with van der Waals surface area (Å²) in [6, 6.07) is 5.78. The Morgan fingerprint density at radius 3 is 3.04 bits per heavy atom. The fourth-order valence-electron chi connectivity index (χ4n) is 2.93. The molecule has 0 aliphatic carbocycles. The molecule has 0 amide bonds. The lowest BCUT2D eigenvalue weighted by atomic mass is 10.2. The average Bonchev–Trinajstić information content (AvgIpc) is 2.59. The first-order chi connectivity index (χ1) is 11.6. The zero-order valence-corrected chi connectivity index (χ0v) is 13.9.